The van der Waals surface area contributed by atoms with Crippen molar-refractivity contribution in [2.24, 2.45) is 11.1 Å². The molecule has 0 spiro atoms. The molecule has 0 saturated heterocycles. The van der Waals surface area contributed by atoms with Gasteiger partial charge in [0.2, 0.25) is 0 Å². The average Bonchev–Trinajstić information content (AvgIpc) is 1.83. The standard InChI is InChI=1S/C6H16N2O3S/c1-6(2)5-11-4-3-8-12(7,9)10/h6,8H,3-5H2,1-2H3,(H2,7,9,10). The zero-order chi connectivity index (χ0) is 9.61. The molecule has 0 aromatic heterocycles. The van der Waals surface area contributed by atoms with Gasteiger partial charge in [0.15, 0.2) is 0 Å². The molecule has 0 bridgehead atoms. The van der Waals surface area contributed by atoms with Crippen LogP contribution in [-0.4, -0.2) is 28.2 Å². The van der Waals surface area contributed by atoms with E-state index >= 15 is 0 Å². The van der Waals surface area contributed by atoms with Crippen molar-refractivity contribution in [3.8, 4) is 0 Å². The van der Waals surface area contributed by atoms with Crippen LogP contribution in [-0.2, 0) is 14.9 Å². The Balaban J connectivity index is 3.23. The Morgan fingerprint density at radius 1 is 1.50 bits per heavy atom. The second kappa shape index (κ2) is 5.47. The Morgan fingerprint density at radius 2 is 2.08 bits per heavy atom. The molecule has 0 radical (unpaired) electrons. The molecule has 12 heavy (non-hydrogen) atoms. The fraction of sp³-hybridized carbons (Fsp3) is 1.00. The molecule has 6 heteroatoms. The van der Waals surface area contributed by atoms with Crippen LogP contribution in [0.1, 0.15) is 13.8 Å². The molecule has 0 unspecified atom stereocenters. The highest BCUT2D eigenvalue weighted by atomic mass is 32.2. The molecular weight excluding hydrogens is 180 g/mol. The average molecular weight is 196 g/mol. The minimum atomic E-state index is -3.55. The van der Waals surface area contributed by atoms with Crippen molar-refractivity contribution in [3.05, 3.63) is 0 Å². The van der Waals surface area contributed by atoms with E-state index in [4.69, 9.17) is 4.74 Å². The van der Waals surface area contributed by atoms with Gasteiger partial charge in [0.25, 0.3) is 10.2 Å². The lowest BCUT2D eigenvalue weighted by Crippen LogP contribution is -2.33. The van der Waals surface area contributed by atoms with Crippen LogP contribution in [0, 0.1) is 5.92 Å². The first kappa shape index (κ1) is 11.8. The predicted molar refractivity (Wildman–Crippen MR) is 46.8 cm³/mol. The zero-order valence-electron chi connectivity index (χ0n) is 7.41. The summed E-state index contributed by atoms with van der Waals surface area (Å²) in [7, 11) is -3.55. The number of hydrogen-bond acceptors (Lipinski definition) is 3. The van der Waals surface area contributed by atoms with E-state index in [1.54, 1.807) is 0 Å². The largest absolute Gasteiger partial charge is 0.380 e. The molecule has 0 rings (SSSR count). The molecular formula is C6H16N2O3S. The second-order valence-electron chi connectivity index (χ2n) is 2.91. The van der Waals surface area contributed by atoms with Crippen molar-refractivity contribution in [2.75, 3.05) is 19.8 Å². The van der Waals surface area contributed by atoms with Gasteiger partial charge in [-0.15, -0.1) is 0 Å². The summed E-state index contributed by atoms with van der Waals surface area (Å²) in [6, 6.07) is 0. The molecule has 74 valence electrons. The van der Waals surface area contributed by atoms with Gasteiger partial charge in [0, 0.05) is 13.2 Å². The normalized spacial score (nSPS) is 12.3. The first-order valence-electron chi connectivity index (χ1n) is 3.77. The van der Waals surface area contributed by atoms with Crippen molar-refractivity contribution in [3.63, 3.8) is 0 Å². The Bertz CT molecular complexity index is 201. The molecule has 0 aliphatic rings. The third-order valence-electron chi connectivity index (χ3n) is 1.00. The van der Waals surface area contributed by atoms with E-state index in [9.17, 15) is 8.42 Å². The minimum Gasteiger partial charge on any atom is -0.380 e. The predicted octanol–water partition coefficient (Wildman–Crippen LogP) is -0.548. The molecule has 0 aliphatic carbocycles. The Hall–Kier alpha value is -0.170. The molecule has 0 aliphatic heterocycles. The maximum Gasteiger partial charge on any atom is 0.274 e. The second-order valence-corrected chi connectivity index (χ2v) is 4.29. The number of nitrogens with one attached hydrogen (secondary N) is 1. The fourth-order valence-corrected chi connectivity index (χ4v) is 0.943. The van der Waals surface area contributed by atoms with Crippen molar-refractivity contribution in [2.45, 2.75) is 13.8 Å². The Kier molecular flexibility index (Phi) is 5.39. The van der Waals surface area contributed by atoms with Crippen LogP contribution in [0.2, 0.25) is 0 Å². The van der Waals surface area contributed by atoms with Crippen LogP contribution in [0.4, 0.5) is 0 Å². The van der Waals surface area contributed by atoms with E-state index in [-0.39, 0.29) is 6.54 Å². The van der Waals surface area contributed by atoms with Gasteiger partial charge < -0.3 is 4.74 Å². The van der Waals surface area contributed by atoms with Crippen molar-refractivity contribution in [1.29, 1.82) is 0 Å². The van der Waals surface area contributed by atoms with E-state index in [2.05, 4.69) is 9.86 Å². The molecule has 0 heterocycles. The van der Waals surface area contributed by atoms with E-state index in [1.165, 1.54) is 0 Å². The quantitative estimate of drug-likeness (QED) is 0.559. The molecule has 0 saturated carbocycles. The minimum absolute atomic E-state index is 0.228. The van der Waals surface area contributed by atoms with Crippen LogP contribution in [0.15, 0.2) is 0 Å². The Labute approximate surface area is 73.5 Å². The highest BCUT2D eigenvalue weighted by molar-refractivity contribution is 7.87. The number of ether oxygens (including phenoxy) is 1. The summed E-state index contributed by atoms with van der Waals surface area (Å²) in [5, 5.41) is 4.68. The van der Waals surface area contributed by atoms with Crippen molar-refractivity contribution < 1.29 is 13.2 Å². The lowest BCUT2D eigenvalue weighted by molar-refractivity contribution is 0.114. The van der Waals surface area contributed by atoms with Crippen LogP contribution < -0.4 is 9.86 Å². The summed E-state index contributed by atoms with van der Waals surface area (Å²) in [6.07, 6.45) is 0. The maximum atomic E-state index is 10.3. The first-order valence-corrected chi connectivity index (χ1v) is 5.31. The number of rotatable bonds is 6. The molecule has 0 amide bonds. The smallest absolute Gasteiger partial charge is 0.274 e. The van der Waals surface area contributed by atoms with E-state index in [0.717, 1.165) is 0 Å². The number of hydrogen-bond donors (Lipinski definition) is 2. The van der Waals surface area contributed by atoms with Gasteiger partial charge >= 0.3 is 0 Å². The molecule has 0 fully saturated rings. The van der Waals surface area contributed by atoms with Gasteiger partial charge in [-0.2, -0.15) is 8.42 Å². The van der Waals surface area contributed by atoms with Crippen LogP contribution in [0.3, 0.4) is 0 Å². The van der Waals surface area contributed by atoms with Gasteiger partial charge in [-0.25, -0.2) is 9.86 Å². The maximum absolute atomic E-state index is 10.3. The van der Waals surface area contributed by atoms with E-state index in [0.29, 0.717) is 19.1 Å². The molecule has 0 aromatic rings. The number of nitrogens with two attached hydrogens (primary N) is 1. The van der Waals surface area contributed by atoms with Crippen LogP contribution >= 0.6 is 0 Å². The monoisotopic (exact) mass is 196 g/mol. The van der Waals surface area contributed by atoms with Gasteiger partial charge in [-0.05, 0) is 5.92 Å². The van der Waals surface area contributed by atoms with Crippen LogP contribution in [0.25, 0.3) is 0 Å². The first-order chi connectivity index (χ1) is 5.42. The van der Waals surface area contributed by atoms with E-state index in [1.807, 2.05) is 13.8 Å². The van der Waals surface area contributed by atoms with Gasteiger partial charge in [0.1, 0.15) is 0 Å². The lowest BCUT2D eigenvalue weighted by Gasteiger charge is -2.06. The summed E-state index contributed by atoms with van der Waals surface area (Å²) < 4.78 is 27.9. The van der Waals surface area contributed by atoms with Crippen molar-refractivity contribution >= 4 is 10.2 Å². The zero-order valence-corrected chi connectivity index (χ0v) is 8.23. The summed E-state index contributed by atoms with van der Waals surface area (Å²) in [5.41, 5.74) is 0. The lowest BCUT2D eigenvalue weighted by atomic mass is 10.2. The highest BCUT2D eigenvalue weighted by Gasteiger charge is 1.99. The van der Waals surface area contributed by atoms with Gasteiger partial charge in [0.05, 0.1) is 6.61 Å². The summed E-state index contributed by atoms with van der Waals surface area (Å²) >= 11 is 0. The van der Waals surface area contributed by atoms with E-state index < -0.39 is 10.2 Å². The third-order valence-corrected chi connectivity index (χ3v) is 1.61. The molecule has 0 atom stereocenters. The topological polar surface area (TPSA) is 81.4 Å². The summed E-state index contributed by atoms with van der Waals surface area (Å²) in [4.78, 5) is 0. The SMILES string of the molecule is CC(C)COCCNS(N)(=O)=O. The molecule has 5 nitrogen and oxygen atoms in total. The molecule has 3 N–H and O–H groups in total. The van der Waals surface area contributed by atoms with Gasteiger partial charge in [-0.3, -0.25) is 0 Å². The summed E-state index contributed by atoms with van der Waals surface area (Å²) in [6.45, 7) is 5.26. The molecule has 0 aromatic carbocycles. The highest BCUT2D eigenvalue weighted by Crippen LogP contribution is 1.90. The van der Waals surface area contributed by atoms with Crippen LogP contribution in [0.5, 0.6) is 0 Å². The fourth-order valence-electron chi connectivity index (χ4n) is 0.575. The summed E-state index contributed by atoms with van der Waals surface area (Å²) in [5.74, 6) is 0.458. The third kappa shape index (κ3) is 9.83. The van der Waals surface area contributed by atoms with Gasteiger partial charge in [-0.1, -0.05) is 13.8 Å². The Morgan fingerprint density at radius 3 is 2.50 bits per heavy atom. The van der Waals surface area contributed by atoms with Crippen molar-refractivity contribution in [1.82, 2.24) is 4.72 Å².